The highest BCUT2D eigenvalue weighted by molar-refractivity contribution is 6.06. The zero-order valence-corrected chi connectivity index (χ0v) is 23.6. The Balaban J connectivity index is 1.12. The summed E-state index contributed by atoms with van der Waals surface area (Å²) in [6.07, 6.45) is 16.0. The predicted octanol–water partition coefficient (Wildman–Crippen LogP) is 9.97. The summed E-state index contributed by atoms with van der Waals surface area (Å²) >= 11 is 0. The molecule has 0 spiro atoms. The van der Waals surface area contributed by atoms with Gasteiger partial charge in [0.25, 0.3) is 0 Å². The largest absolute Gasteiger partial charge is 0.494 e. The Morgan fingerprint density at radius 2 is 1.08 bits per heavy atom. The van der Waals surface area contributed by atoms with E-state index in [-0.39, 0.29) is 5.78 Å². The Kier molecular flexibility index (Phi) is 13.7. The lowest BCUT2D eigenvalue weighted by atomic mass is 10.1. The lowest BCUT2D eigenvalue weighted by Gasteiger charge is -2.07. The fraction of sp³-hybridized carbons (Fsp3) is 0.361. The molecule has 3 rings (SSSR count). The smallest absolute Gasteiger partial charge is 0.185 e. The molecule has 0 aliphatic heterocycles. The third-order valence-electron chi connectivity index (χ3n) is 6.79. The molecule has 0 unspecified atom stereocenters. The van der Waals surface area contributed by atoms with Crippen LogP contribution in [-0.4, -0.2) is 19.0 Å². The van der Waals surface area contributed by atoms with E-state index in [1.54, 1.807) is 6.08 Å². The van der Waals surface area contributed by atoms with E-state index >= 15 is 0 Å². The molecule has 0 fully saturated rings. The number of ketones is 1. The molecule has 3 nitrogen and oxygen atoms in total. The summed E-state index contributed by atoms with van der Waals surface area (Å²) in [5.74, 6) is 1.84. The van der Waals surface area contributed by atoms with Crippen LogP contribution in [0.5, 0.6) is 11.5 Å². The number of rotatable bonds is 19. The van der Waals surface area contributed by atoms with Crippen molar-refractivity contribution in [2.24, 2.45) is 0 Å². The lowest BCUT2D eigenvalue weighted by Crippen LogP contribution is -1.97. The van der Waals surface area contributed by atoms with Crippen molar-refractivity contribution in [3.8, 4) is 11.5 Å². The van der Waals surface area contributed by atoms with E-state index in [9.17, 15) is 4.79 Å². The number of benzene rings is 3. The first-order valence-corrected chi connectivity index (χ1v) is 14.5. The summed E-state index contributed by atoms with van der Waals surface area (Å²) in [6.45, 7) is 7.54. The van der Waals surface area contributed by atoms with Crippen LogP contribution in [0.1, 0.15) is 92.6 Å². The van der Waals surface area contributed by atoms with E-state index < -0.39 is 0 Å². The highest BCUT2D eigenvalue weighted by Crippen LogP contribution is 2.18. The summed E-state index contributed by atoms with van der Waals surface area (Å²) in [5.41, 5.74) is 3.94. The van der Waals surface area contributed by atoms with Gasteiger partial charge in [-0.3, -0.25) is 4.79 Å². The van der Waals surface area contributed by atoms with Crippen molar-refractivity contribution < 1.29 is 14.3 Å². The molecule has 0 aliphatic carbocycles. The predicted molar refractivity (Wildman–Crippen MR) is 165 cm³/mol. The van der Waals surface area contributed by atoms with Crippen molar-refractivity contribution in [1.82, 2.24) is 0 Å². The summed E-state index contributed by atoms with van der Waals surface area (Å²) < 4.78 is 11.7. The molecule has 206 valence electrons. The van der Waals surface area contributed by atoms with Gasteiger partial charge in [0.2, 0.25) is 0 Å². The van der Waals surface area contributed by atoms with Crippen molar-refractivity contribution in [2.45, 2.75) is 71.1 Å². The number of ether oxygens (including phenoxy) is 2. The van der Waals surface area contributed by atoms with Crippen LogP contribution in [-0.2, 0) is 0 Å². The second-order valence-corrected chi connectivity index (χ2v) is 10.2. The zero-order valence-electron chi connectivity index (χ0n) is 23.6. The highest BCUT2D eigenvalue weighted by Gasteiger charge is 2.01. The highest BCUT2D eigenvalue weighted by atomic mass is 16.5. The average molecular weight is 525 g/mol. The normalized spacial score (nSPS) is 11.0. The first-order chi connectivity index (χ1) is 19.1. The van der Waals surface area contributed by atoms with Gasteiger partial charge in [-0.2, -0.15) is 0 Å². The van der Waals surface area contributed by atoms with Gasteiger partial charge in [-0.1, -0.05) is 124 Å². The first kappa shape index (κ1) is 30.0. The molecule has 3 aromatic carbocycles. The summed E-state index contributed by atoms with van der Waals surface area (Å²) in [4.78, 5) is 12.2. The third kappa shape index (κ3) is 12.2. The van der Waals surface area contributed by atoms with E-state index in [0.29, 0.717) is 5.56 Å². The fourth-order valence-electron chi connectivity index (χ4n) is 4.38. The quantitative estimate of drug-likeness (QED) is 0.0889. The zero-order chi connectivity index (χ0) is 27.5. The van der Waals surface area contributed by atoms with Crippen molar-refractivity contribution >= 4 is 17.4 Å². The molecule has 0 heterocycles. The molecule has 0 bridgehead atoms. The lowest BCUT2D eigenvalue weighted by molar-refractivity contribution is 0.104. The van der Waals surface area contributed by atoms with Gasteiger partial charge >= 0.3 is 0 Å². The maximum Gasteiger partial charge on any atom is 0.185 e. The van der Waals surface area contributed by atoms with Gasteiger partial charge in [-0.15, -0.1) is 0 Å². The van der Waals surface area contributed by atoms with Gasteiger partial charge < -0.3 is 9.47 Å². The SMILES string of the molecule is C=C(C)c1ccc(OCCCCCCCCCCCCOc2ccc(C=CC(=O)c3ccccc3)cc2)cc1. The second-order valence-electron chi connectivity index (χ2n) is 10.2. The van der Waals surface area contributed by atoms with Gasteiger partial charge in [0.15, 0.2) is 5.78 Å². The molecule has 39 heavy (non-hydrogen) atoms. The maximum atomic E-state index is 12.2. The Morgan fingerprint density at radius 1 is 0.615 bits per heavy atom. The maximum absolute atomic E-state index is 12.2. The van der Waals surface area contributed by atoms with Crippen LogP contribution in [0.15, 0.2) is 91.5 Å². The first-order valence-electron chi connectivity index (χ1n) is 14.5. The molecule has 0 aliphatic rings. The molecule has 3 aromatic rings. The van der Waals surface area contributed by atoms with Gasteiger partial charge in [0, 0.05) is 5.56 Å². The van der Waals surface area contributed by atoms with E-state index in [0.717, 1.165) is 48.7 Å². The molecule has 0 saturated heterocycles. The van der Waals surface area contributed by atoms with Gasteiger partial charge in [0.1, 0.15) is 11.5 Å². The van der Waals surface area contributed by atoms with Crippen LogP contribution >= 0.6 is 0 Å². The number of hydrogen-bond donors (Lipinski definition) is 0. The molecule has 3 heteroatoms. The minimum Gasteiger partial charge on any atom is -0.494 e. The van der Waals surface area contributed by atoms with Gasteiger partial charge in [-0.25, -0.2) is 0 Å². The van der Waals surface area contributed by atoms with Crippen LogP contribution in [0.4, 0.5) is 0 Å². The molecule has 0 atom stereocenters. The van der Waals surface area contributed by atoms with Crippen LogP contribution in [0.2, 0.25) is 0 Å². The molecular weight excluding hydrogens is 480 g/mol. The molecule has 0 N–H and O–H groups in total. The fourth-order valence-corrected chi connectivity index (χ4v) is 4.38. The van der Waals surface area contributed by atoms with Crippen molar-refractivity contribution in [3.05, 3.63) is 108 Å². The topological polar surface area (TPSA) is 35.5 Å². The Bertz CT molecular complexity index is 1130. The summed E-state index contributed by atoms with van der Waals surface area (Å²) in [6, 6.07) is 25.4. The van der Waals surface area contributed by atoms with Crippen molar-refractivity contribution in [2.75, 3.05) is 13.2 Å². The molecule has 0 saturated carbocycles. The second kappa shape index (κ2) is 17.8. The third-order valence-corrected chi connectivity index (χ3v) is 6.79. The van der Waals surface area contributed by atoms with Crippen molar-refractivity contribution in [1.29, 1.82) is 0 Å². The minimum absolute atomic E-state index is 0.0127. The molecule has 0 aromatic heterocycles. The van der Waals surface area contributed by atoms with Crippen molar-refractivity contribution in [3.63, 3.8) is 0 Å². The molecule has 0 amide bonds. The number of unbranched alkanes of at least 4 members (excludes halogenated alkanes) is 9. The van der Waals surface area contributed by atoms with E-state index in [4.69, 9.17) is 9.47 Å². The van der Waals surface area contributed by atoms with Crippen LogP contribution in [0, 0.1) is 0 Å². The molecule has 0 radical (unpaired) electrons. The monoisotopic (exact) mass is 524 g/mol. The molecular formula is C36H44O3. The van der Waals surface area contributed by atoms with Gasteiger partial charge in [-0.05, 0) is 61.2 Å². The van der Waals surface area contributed by atoms with Crippen LogP contribution in [0.25, 0.3) is 11.6 Å². The van der Waals surface area contributed by atoms with E-state index in [1.165, 1.54) is 56.9 Å². The van der Waals surface area contributed by atoms with Gasteiger partial charge in [0.05, 0.1) is 13.2 Å². The minimum atomic E-state index is 0.0127. The number of carbonyl (C=O) groups excluding carboxylic acids is 1. The average Bonchev–Trinajstić information content (AvgIpc) is 2.97. The summed E-state index contributed by atoms with van der Waals surface area (Å²) in [7, 11) is 0. The Hall–Kier alpha value is -3.59. The van der Waals surface area contributed by atoms with Crippen LogP contribution < -0.4 is 9.47 Å². The Labute approximate surface area is 235 Å². The summed E-state index contributed by atoms with van der Waals surface area (Å²) in [5, 5.41) is 0. The Morgan fingerprint density at radius 3 is 1.56 bits per heavy atom. The standard InChI is InChI=1S/C36H44O3/c1-30(2)32-21-25-35(26-22-32)39-29-15-10-8-6-4-3-5-7-9-14-28-38-34-23-18-31(19-24-34)20-27-36(37)33-16-12-11-13-17-33/h11-13,16-27H,1,3-10,14-15,28-29H2,2H3. The number of hydrogen-bond acceptors (Lipinski definition) is 3. The van der Waals surface area contributed by atoms with Crippen LogP contribution in [0.3, 0.4) is 0 Å². The number of carbonyl (C=O) groups is 1. The van der Waals surface area contributed by atoms with E-state index in [1.807, 2.05) is 79.7 Å². The number of allylic oxidation sites excluding steroid dienone is 2. The van der Waals surface area contributed by atoms with E-state index in [2.05, 4.69) is 18.7 Å².